The molecule has 0 amide bonds. The number of H-pyrrole nitrogens is 1. The summed E-state index contributed by atoms with van der Waals surface area (Å²) in [6.07, 6.45) is 1.78. The van der Waals surface area contributed by atoms with Crippen LogP contribution in [0.5, 0.6) is 0 Å². The van der Waals surface area contributed by atoms with Gasteiger partial charge in [0, 0.05) is 34.9 Å². The average Bonchev–Trinajstić information content (AvgIpc) is 2.75. The first-order valence-corrected chi connectivity index (χ1v) is 6.55. The van der Waals surface area contributed by atoms with Crippen LogP contribution in [0.2, 0.25) is 5.02 Å². The first-order chi connectivity index (χ1) is 9.00. The van der Waals surface area contributed by atoms with Crippen LogP contribution in [0.1, 0.15) is 23.7 Å². The molecule has 2 rings (SSSR count). The highest BCUT2D eigenvalue weighted by molar-refractivity contribution is 6.31. The molecule has 0 aliphatic rings. The minimum Gasteiger partial charge on any atom is -0.384 e. The highest BCUT2D eigenvalue weighted by atomic mass is 35.5. The summed E-state index contributed by atoms with van der Waals surface area (Å²) in [5.41, 5.74) is 1.85. The van der Waals surface area contributed by atoms with Crippen LogP contribution in [0.4, 0.5) is 0 Å². The van der Waals surface area contributed by atoms with Gasteiger partial charge in [0.05, 0.1) is 6.20 Å². The van der Waals surface area contributed by atoms with Crippen molar-refractivity contribution in [2.45, 2.75) is 26.0 Å². The Balaban J connectivity index is 1.98. The molecule has 1 aromatic carbocycles. The minimum absolute atomic E-state index is 0.418. The van der Waals surface area contributed by atoms with Gasteiger partial charge in [-0.25, -0.2) is 0 Å². The maximum Gasteiger partial charge on any atom is 0.101 e. The molecule has 0 bridgehead atoms. The van der Waals surface area contributed by atoms with E-state index in [2.05, 4.69) is 15.5 Å². The first kappa shape index (κ1) is 14.1. The fourth-order valence-corrected chi connectivity index (χ4v) is 2.33. The molecular weight excluding hydrogens is 262 g/mol. The van der Waals surface area contributed by atoms with Gasteiger partial charge in [0.2, 0.25) is 0 Å². The van der Waals surface area contributed by atoms with Gasteiger partial charge in [-0.05, 0) is 19.9 Å². The second-order valence-electron chi connectivity index (χ2n) is 4.88. The van der Waals surface area contributed by atoms with Crippen molar-refractivity contribution in [3.63, 3.8) is 0 Å². The molecule has 0 fully saturated rings. The third-order valence-corrected chi connectivity index (χ3v) is 3.50. The van der Waals surface area contributed by atoms with Gasteiger partial charge in [0.1, 0.15) is 5.60 Å². The van der Waals surface area contributed by atoms with Gasteiger partial charge in [-0.3, -0.25) is 5.10 Å². The van der Waals surface area contributed by atoms with E-state index in [1.807, 2.05) is 25.1 Å². The molecule has 1 atom stereocenters. The highest BCUT2D eigenvalue weighted by Gasteiger charge is 2.24. The molecule has 19 heavy (non-hydrogen) atoms. The van der Waals surface area contributed by atoms with Gasteiger partial charge in [0.15, 0.2) is 0 Å². The molecule has 4 nitrogen and oxygen atoms in total. The Morgan fingerprint density at radius 1 is 1.42 bits per heavy atom. The van der Waals surface area contributed by atoms with Crippen LogP contribution in [0.25, 0.3) is 0 Å². The van der Waals surface area contributed by atoms with E-state index < -0.39 is 5.60 Å². The van der Waals surface area contributed by atoms with E-state index in [-0.39, 0.29) is 0 Å². The van der Waals surface area contributed by atoms with Crippen molar-refractivity contribution in [3.05, 3.63) is 52.3 Å². The van der Waals surface area contributed by atoms with Crippen LogP contribution < -0.4 is 5.32 Å². The molecule has 1 aromatic heterocycles. The van der Waals surface area contributed by atoms with E-state index in [0.717, 1.165) is 16.8 Å². The quantitative estimate of drug-likeness (QED) is 0.787. The fraction of sp³-hybridized carbons (Fsp3) is 0.357. The van der Waals surface area contributed by atoms with Crippen molar-refractivity contribution >= 4 is 11.6 Å². The zero-order chi connectivity index (χ0) is 13.9. The SMILES string of the molecule is Cc1[nH]ncc1CNC[C@](C)(O)c1ccccc1Cl. The van der Waals surface area contributed by atoms with Crippen LogP contribution in [0.15, 0.2) is 30.5 Å². The predicted octanol–water partition coefficient (Wildman–Crippen LogP) is 2.37. The number of aromatic amines is 1. The van der Waals surface area contributed by atoms with Crippen molar-refractivity contribution in [1.29, 1.82) is 0 Å². The zero-order valence-corrected chi connectivity index (χ0v) is 11.8. The largest absolute Gasteiger partial charge is 0.384 e. The third-order valence-electron chi connectivity index (χ3n) is 3.17. The van der Waals surface area contributed by atoms with E-state index in [0.29, 0.717) is 18.1 Å². The number of aliphatic hydroxyl groups is 1. The molecule has 102 valence electrons. The number of aromatic nitrogens is 2. The lowest BCUT2D eigenvalue weighted by atomic mass is 9.96. The van der Waals surface area contributed by atoms with Gasteiger partial charge in [-0.15, -0.1) is 0 Å². The Bertz CT molecular complexity index is 551. The van der Waals surface area contributed by atoms with E-state index in [1.54, 1.807) is 19.2 Å². The molecule has 0 spiro atoms. The lowest BCUT2D eigenvalue weighted by Gasteiger charge is -2.25. The number of hydrogen-bond donors (Lipinski definition) is 3. The van der Waals surface area contributed by atoms with Crippen molar-refractivity contribution in [1.82, 2.24) is 15.5 Å². The van der Waals surface area contributed by atoms with Crippen molar-refractivity contribution < 1.29 is 5.11 Å². The molecule has 1 heterocycles. The van der Waals surface area contributed by atoms with Crippen LogP contribution in [-0.4, -0.2) is 21.8 Å². The van der Waals surface area contributed by atoms with Crippen LogP contribution >= 0.6 is 11.6 Å². The second kappa shape index (κ2) is 5.74. The fourth-order valence-electron chi connectivity index (χ4n) is 1.99. The lowest BCUT2D eigenvalue weighted by molar-refractivity contribution is 0.0567. The number of aryl methyl sites for hydroxylation is 1. The number of nitrogens with zero attached hydrogens (tertiary/aromatic N) is 1. The summed E-state index contributed by atoms with van der Waals surface area (Å²) in [6, 6.07) is 7.35. The summed E-state index contributed by atoms with van der Waals surface area (Å²) in [6.45, 7) is 4.80. The van der Waals surface area contributed by atoms with Gasteiger partial charge < -0.3 is 10.4 Å². The predicted molar refractivity (Wildman–Crippen MR) is 76.1 cm³/mol. The average molecular weight is 280 g/mol. The minimum atomic E-state index is -1.00. The van der Waals surface area contributed by atoms with Gasteiger partial charge in [-0.2, -0.15) is 5.10 Å². The molecule has 0 saturated heterocycles. The zero-order valence-electron chi connectivity index (χ0n) is 11.1. The van der Waals surface area contributed by atoms with E-state index >= 15 is 0 Å². The van der Waals surface area contributed by atoms with E-state index in [1.165, 1.54) is 0 Å². The first-order valence-electron chi connectivity index (χ1n) is 6.17. The van der Waals surface area contributed by atoms with Crippen LogP contribution in [0, 0.1) is 6.92 Å². The molecular formula is C14H18ClN3O. The van der Waals surface area contributed by atoms with Crippen molar-refractivity contribution in [2.24, 2.45) is 0 Å². The van der Waals surface area contributed by atoms with Crippen LogP contribution in [0.3, 0.4) is 0 Å². The molecule has 5 heteroatoms. The van der Waals surface area contributed by atoms with Gasteiger partial charge >= 0.3 is 0 Å². The molecule has 2 aromatic rings. The van der Waals surface area contributed by atoms with Gasteiger partial charge in [-0.1, -0.05) is 29.8 Å². The Kier molecular flexibility index (Phi) is 4.24. The molecule has 0 unspecified atom stereocenters. The molecule has 0 aliphatic heterocycles. The van der Waals surface area contributed by atoms with E-state index in [9.17, 15) is 5.11 Å². The summed E-state index contributed by atoms with van der Waals surface area (Å²) in [7, 11) is 0. The molecule has 0 aliphatic carbocycles. The summed E-state index contributed by atoms with van der Waals surface area (Å²) in [5, 5.41) is 21.1. The van der Waals surface area contributed by atoms with E-state index in [4.69, 9.17) is 11.6 Å². The number of nitrogens with one attached hydrogen (secondary N) is 2. The maximum atomic E-state index is 10.5. The standard InChI is InChI=1S/C14H18ClN3O/c1-10-11(8-17-18-10)7-16-9-14(2,19)12-5-3-4-6-13(12)15/h3-6,8,16,19H,7,9H2,1-2H3,(H,17,18)/t14-/m0/s1. The summed E-state index contributed by atoms with van der Waals surface area (Å²) in [5.74, 6) is 0. The monoisotopic (exact) mass is 279 g/mol. The third kappa shape index (κ3) is 3.35. The molecule has 0 saturated carbocycles. The number of hydrogen-bond acceptors (Lipinski definition) is 3. The normalized spacial score (nSPS) is 14.3. The number of rotatable bonds is 5. The summed E-state index contributed by atoms with van der Waals surface area (Å²) in [4.78, 5) is 0. The Morgan fingerprint density at radius 3 is 2.79 bits per heavy atom. The van der Waals surface area contributed by atoms with Gasteiger partial charge in [0.25, 0.3) is 0 Å². The topological polar surface area (TPSA) is 60.9 Å². The Morgan fingerprint density at radius 2 is 2.16 bits per heavy atom. The summed E-state index contributed by atoms with van der Waals surface area (Å²) >= 11 is 6.11. The van der Waals surface area contributed by atoms with Crippen LogP contribution in [-0.2, 0) is 12.1 Å². The smallest absolute Gasteiger partial charge is 0.101 e. The number of halogens is 1. The highest BCUT2D eigenvalue weighted by Crippen LogP contribution is 2.27. The number of benzene rings is 1. The summed E-state index contributed by atoms with van der Waals surface area (Å²) < 4.78 is 0. The van der Waals surface area contributed by atoms with Crippen molar-refractivity contribution in [3.8, 4) is 0 Å². The molecule has 3 N–H and O–H groups in total. The molecule has 0 radical (unpaired) electrons. The Labute approximate surface area is 117 Å². The maximum absolute atomic E-state index is 10.5. The van der Waals surface area contributed by atoms with Crippen molar-refractivity contribution in [2.75, 3.05) is 6.54 Å². The second-order valence-corrected chi connectivity index (χ2v) is 5.28. The lowest BCUT2D eigenvalue weighted by Crippen LogP contribution is -2.35. The Hall–Kier alpha value is -1.36.